The first-order valence-corrected chi connectivity index (χ1v) is 10.0. The quantitative estimate of drug-likeness (QED) is 0.545. The van der Waals surface area contributed by atoms with Crippen LogP contribution in [-0.4, -0.2) is 23.8 Å². The van der Waals surface area contributed by atoms with Gasteiger partial charge in [-0.25, -0.2) is 4.90 Å². The molecule has 0 atom stereocenters. The van der Waals surface area contributed by atoms with Gasteiger partial charge in [0.05, 0.1) is 11.3 Å². The van der Waals surface area contributed by atoms with Crippen LogP contribution >= 0.6 is 11.6 Å². The summed E-state index contributed by atoms with van der Waals surface area (Å²) in [5, 5.41) is 0.575. The number of hydrogen-bond donors (Lipinski definition) is 0. The van der Waals surface area contributed by atoms with Gasteiger partial charge in [-0.15, -0.1) is 0 Å². The van der Waals surface area contributed by atoms with Crippen LogP contribution in [0.2, 0.25) is 5.02 Å². The maximum Gasteiger partial charge on any atom is 0.282 e. The topological polar surface area (TPSA) is 40.6 Å². The molecule has 0 fully saturated rings. The molecule has 1 heterocycles. The van der Waals surface area contributed by atoms with Crippen molar-refractivity contribution >= 4 is 34.7 Å². The Morgan fingerprint density at radius 2 is 1.47 bits per heavy atom. The monoisotopic (exact) mass is 416 g/mol. The van der Waals surface area contributed by atoms with Crippen LogP contribution in [0, 0.1) is 6.92 Å². The number of anilines is 1. The zero-order chi connectivity index (χ0) is 21.3. The Morgan fingerprint density at radius 3 is 2.13 bits per heavy atom. The molecule has 0 aliphatic carbocycles. The van der Waals surface area contributed by atoms with Gasteiger partial charge < -0.3 is 4.90 Å². The number of carbonyl (C=O) groups excluding carboxylic acids is 2. The third kappa shape index (κ3) is 3.62. The summed E-state index contributed by atoms with van der Waals surface area (Å²) in [6.45, 7) is 2.40. The molecule has 0 N–H and O–H groups in total. The van der Waals surface area contributed by atoms with Crippen LogP contribution in [-0.2, 0) is 16.1 Å². The van der Waals surface area contributed by atoms with Crippen molar-refractivity contribution in [3.63, 3.8) is 0 Å². The number of rotatable bonds is 5. The Kier molecular flexibility index (Phi) is 5.42. The lowest BCUT2D eigenvalue weighted by molar-refractivity contribution is -0.120. The van der Waals surface area contributed by atoms with Gasteiger partial charge in [0.2, 0.25) is 0 Å². The van der Waals surface area contributed by atoms with Crippen LogP contribution in [0.15, 0.2) is 84.6 Å². The van der Waals surface area contributed by atoms with Crippen molar-refractivity contribution in [2.75, 3.05) is 11.9 Å². The molecule has 4 nitrogen and oxygen atoms in total. The molecule has 30 heavy (non-hydrogen) atoms. The van der Waals surface area contributed by atoms with Crippen molar-refractivity contribution in [2.45, 2.75) is 13.5 Å². The number of amides is 2. The van der Waals surface area contributed by atoms with Crippen LogP contribution < -0.4 is 4.90 Å². The molecule has 5 heteroatoms. The Balaban J connectivity index is 1.82. The summed E-state index contributed by atoms with van der Waals surface area (Å²) in [5.41, 5.74) is 3.96. The fraction of sp³-hybridized carbons (Fsp3) is 0.120. The molecule has 0 spiro atoms. The Hall–Kier alpha value is -3.37. The molecule has 0 bridgehead atoms. The van der Waals surface area contributed by atoms with E-state index in [1.807, 2.05) is 67.4 Å². The molecular formula is C25H21ClN2O2. The van der Waals surface area contributed by atoms with Crippen LogP contribution in [0.4, 0.5) is 5.69 Å². The molecule has 1 aliphatic heterocycles. The fourth-order valence-electron chi connectivity index (χ4n) is 3.72. The summed E-state index contributed by atoms with van der Waals surface area (Å²) >= 11 is 6.05. The second-order valence-electron chi connectivity index (χ2n) is 7.30. The molecule has 1 aliphatic rings. The lowest BCUT2D eigenvalue weighted by atomic mass is 10.0. The van der Waals surface area contributed by atoms with E-state index in [2.05, 4.69) is 0 Å². The van der Waals surface area contributed by atoms with Crippen LogP contribution in [0.1, 0.15) is 16.7 Å². The smallest absolute Gasteiger partial charge is 0.282 e. The Labute approximate surface area is 181 Å². The minimum atomic E-state index is -0.327. The number of para-hydroxylation sites is 1. The molecule has 0 saturated carbocycles. The predicted molar refractivity (Wildman–Crippen MR) is 120 cm³/mol. The molecule has 4 rings (SSSR count). The summed E-state index contributed by atoms with van der Waals surface area (Å²) in [7, 11) is 1.84. The normalized spacial score (nSPS) is 13.9. The molecule has 150 valence electrons. The number of imide groups is 1. The minimum Gasteiger partial charge on any atom is -0.365 e. The SMILES string of the molecule is Cc1ccccc1N1C(=O)C(c2ccc(Cl)cc2)=C(N(C)Cc2ccccc2)C1=O. The highest BCUT2D eigenvalue weighted by Gasteiger charge is 2.42. The first-order valence-electron chi connectivity index (χ1n) is 9.67. The Bertz CT molecular complexity index is 1140. The predicted octanol–water partition coefficient (Wildman–Crippen LogP) is 5.06. The molecule has 0 radical (unpaired) electrons. The van der Waals surface area contributed by atoms with Gasteiger partial charge in [0, 0.05) is 18.6 Å². The first-order chi connectivity index (χ1) is 14.5. The largest absolute Gasteiger partial charge is 0.365 e. The maximum absolute atomic E-state index is 13.5. The number of benzene rings is 3. The second-order valence-corrected chi connectivity index (χ2v) is 7.74. The fourth-order valence-corrected chi connectivity index (χ4v) is 3.84. The van der Waals surface area contributed by atoms with E-state index in [1.54, 1.807) is 30.3 Å². The van der Waals surface area contributed by atoms with E-state index in [0.717, 1.165) is 11.1 Å². The van der Waals surface area contributed by atoms with Crippen molar-refractivity contribution in [3.8, 4) is 0 Å². The highest BCUT2D eigenvalue weighted by Crippen LogP contribution is 2.36. The van der Waals surface area contributed by atoms with Gasteiger partial charge in [-0.2, -0.15) is 0 Å². The average Bonchev–Trinajstić information content (AvgIpc) is 3.00. The summed E-state index contributed by atoms with van der Waals surface area (Å²) < 4.78 is 0. The van der Waals surface area contributed by atoms with Gasteiger partial charge in [0.25, 0.3) is 11.8 Å². The standard InChI is InChI=1S/C25H21ClN2O2/c1-17-8-6-7-11-21(17)28-24(29)22(19-12-14-20(26)15-13-19)23(25(28)30)27(2)16-18-9-4-3-5-10-18/h3-15H,16H2,1-2H3. The van der Waals surface area contributed by atoms with Crippen molar-refractivity contribution < 1.29 is 9.59 Å². The second kappa shape index (κ2) is 8.17. The third-order valence-corrected chi connectivity index (χ3v) is 5.44. The summed E-state index contributed by atoms with van der Waals surface area (Å²) in [4.78, 5) is 30.2. The number of halogens is 1. The van der Waals surface area contributed by atoms with Gasteiger partial charge in [0.1, 0.15) is 5.70 Å². The van der Waals surface area contributed by atoms with Gasteiger partial charge in [-0.1, -0.05) is 72.3 Å². The van der Waals surface area contributed by atoms with Crippen LogP contribution in [0.5, 0.6) is 0 Å². The maximum atomic E-state index is 13.5. The number of hydrogen-bond acceptors (Lipinski definition) is 3. The first kappa shape index (κ1) is 19.9. The molecule has 0 aromatic heterocycles. The molecule has 3 aromatic rings. The number of nitrogens with zero attached hydrogens (tertiary/aromatic N) is 2. The van der Waals surface area contributed by atoms with E-state index < -0.39 is 0 Å². The van der Waals surface area contributed by atoms with E-state index in [-0.39, 0.29) is 11.8 Å². The third-order valence-electron chi connectivity index (χ3n) is 5.19. The number of likely N-dealkylation sites (N-methyl/N-ethyl adjacent to an activating group) is 1. The lowest BCUT2D eigenvalue weighted by Crippen LogP contribution is -2.34. The summed E-state index contributed by atoms with van der Waals surface area (Å²) in [5.74, 6) is -0.649. The minimum absolute atomic E-state index is 0.322. The summed E-state index contributed by atoms with van der Waals surface area (Å²) in [6.07, 6.45) is 0. The van der Waals surface area contributed by atoms with Gasteiger partial charge in [-0.05, 0) is 41.8 Å². The van der Waals surface area contributed by atoms with Crippen LogP contribution in [0.3, 0.4) is 0 Å². The van der Waals surface area contributed by atoms with E-state index in [4.69, 9.17) is 11.6 Å². The van der Waals surface area contributed by atoms with E-state index in [9.17, 15) is 9.59 Å². The zero-order valence-electron chi connectivity index (χ0n) is 16.8. The highest BCUT2D eigenvalue weighted by molar-refractivity contribution is 6.45. The van der Waals surface area contributed by atoms with E-state index in [0.29, 0.717) is 34.1 Å². The summed E-state index contributed by atoms with van der Waals surface area (Å²) in [6, 6.07) is 24.3. The lowest BCUT2D eigenvalue weighted by Gasteiger charge is -2.22. The van der Waals surface area contributed by atoms with Gasteiger partial charge in [0.15, 0.2) is 0 Å². The van der Waals surface area contributed by atoms with E-state index >= 15 is 0 Å². The number of carbonyl (C=O) groups is 2. The van der Waals surface area contributed by atoms with Gasteiger partial charge >= 0.3 is 0 Å². The Morgan fingerprint density at radius 1 is 0.833 bits per heavy atom. The van der Waals surface area contributed by atoms with Crippen molar-refractivity contribution in [3.05, 3.63) is 106 Å². The molecule has 3 aromatic carbocycles. The van der Waals surface area contributed by atoms with Crippen molar-refractivity contribution in [1.82, 2.24) is 4.90 Å². The van der Waals surface area contributed by atoms with E-state index in [1.165, 1.54) is 4.90 Å². The number of aryl methyl sites for hydroxylation is 1. The van der Waals surface area contributed by atoms with Crippen molar-refractivity contribution in [2.24, 2.45) is 0 Å². The highest BCUT2D eigenvalue weighted by atomic mass is 35.5. The average molecular weight is 417 g/mol. The molecule has 0 saturated heterocycles. The molecule has 2 amide bonds. The van der Waals surface area contributed by atoms with Crippen LogP contribution in [0.25, 0.3) is 5.57 Å². The zero-order valence-corrected chi connectivity index (χ0v) is 17.6. The molecular weight excluding hydrogens is 396 g/mol. The van der Waals surface area contributed by atoms with Gasteiger partial charge in [-0.3, -0.25) is 9.59 Å². The molecule has 0 unspecified atom stereocenters. The van der Waals surface area contributed by atoms with Crippen molar-refractivity contribution in [1.29, 1.82) is 0 Å².